The zero-order chi connectivity index (χ0) is 20.9. The van der Waals surface area contributed by atoms with Crippen molar-refractivity contribution in [2.45, 2.75) is 38.0 Å². The molecular formula is C22H26O5S. The molecule has 0 aliphatic heterocycles. The van der Waals surface area contributed by atoms with E-state index in [4.69, 9.17) is 9.47 Å². The van der Waals surface area contributed by atoms with Gasteiger partial charge in [-0.2, -0.15) is 0 Å². The lowest BCUT2D eigenvalue weighted by molar-refractivity contribution is -0.145. The lowest BCUT2D eigenvalue weighted by atomic mass is 9.85. The average molecular weight is 403 g/mol. The van der Waals surface area contributed by atoms with Crippen LogP contribution in [0.1, 0.15) is 33.3 Å². The third-order valence-corrected chi connectivity index (χ3v) is 6.01. The molecule has 2 aromatic carbocycles. The normalized spacial score (nSPS) is 11.8. The number of hydrogen-bond acceptors (Lipinski definition) is 5. The second-order valence-corrected chi connectivity index (χ2v) is 8.74. The second-order valence-electron chi connectivity index (χ2n) is 7.69. The number of carboxylic acid groups (broad SMARTS) is 1. The predicted molar refractivity (Wildman–Crippen MR) is 110 cm³/mol. The molecule has 6 heteroatoms. The number of thioether (sulfide) groups is 1. The molecule has 0 spiro atoms. The van der Waals surface area contributed by atoms with Crippen molar-refractivity contribution in [1.82, 2.24) is 0 Å². The molecule has 0 aliphatic rings. The van der Waals surface area contributed by atoms with Gasteiger partial charge in [0.2, 0.25) is 0 Å². The fourth-order valence-electron chi connectivity index (χ4n) is 2.29. The first-order chi connectivity index (χ1) is 13.1. The van der Waals surface area contributed by atoms with Crippen molar-refractivity contribution >= 4 is 23.7 Å². The Morgan fingerprint density at radius 1 is 0.929 bits per heavy atom. The molecular weight excluding hydrogens is 376 g/mol. The van der Waals surface area contributed by atoms with Crippen LogP contribution in [0.15, 0.2) is 53.4 Å². The Balaban J connectivity index is 2.02. The van der Waals surface area contributed by atoms with Crippen molar-refractivity contribution in [2.75, 3.05) is 12.9 Å². The van der Waals surface area contributed by atoms with Gasteiger partial charge in [0.25, 0.3) is 0 Å². The first kappa shape index (κ1) is 21.8. The highest BCUT2D eigenvalue weighted by Gasteiger charge is 2.32. The maximum absolute atomic E-state index is 12.7. The number of rotatable bonds is 8. The third-order valence-electron chi connectivity index (χ3n) is 4.53. The minimum Gasteiger partial charge on any atom is -0.497 e. The van der Waals surface area contributed by atoms with Crippen LogP contribution in [0.3, 0.4) is 0 Å². The quantitative estimate of drug-likeness (QED) is 0.389. The minimum atomic E-state index is -0.827. The third kappa shape index (κ3) is 5.29. The largest absolute Gasteiger partial charge is 0.497 e. The maximum atomic E-state index is 12.7. The summed E-state index contributed by atoms with van der Waals surface area (Å²) in [5.74, 6) is 0.448. The van der Waals surface area contributed by atoms with Crippen LogP contribution in [0.25, 0.3) is 0 Å². The molecule has 2 aromatic rings. The van der Waals surface area contributed by atoms with Gasteiger partial charge in [-0.3, -0.25) is 9.59 Å². The SMILES string of the molecule is COc1ccc(C(C)(C)C(=O)Oc2ccc(SCC(C)(C)C(=O)O)cc2)cc1. The van der Waals surface area contributed by atoms with Gasteiger partial charge in [-0.15, -0.1) is 11.8 Å². The van der Waals surface area contributed by atoms with Gasteiger partial charge < -0.3 is 14.6 Å². The molecule has 1 N–H and O–H groups in total. The highest BCUT2D eigenvalue weighted by atomic mass is 32.2. The minimum absolute atomic E-state index is 0.356. The summed E-state index contributed by atoms with van der Waals surface area (Å²) in [6.07, 6.45) is 0. The summed E-state index contributed by atoms with van der Waals surface area (Å²) in [5, 5.41) is 9.18. The predicted octanol–water partition coefficient (Wildman–Crippen LogP) is 4.78. The van der Waals surface area contributed by atoms with Gasteiger partial charge in [-0.05, 0) is 69.7 Å². The lowest BCUT2D eigenvalue weighted by Gasteiger charge is -2.23. The smallest absolute Gasteiger partial charge is 0.321 e. The molecule has 150 valence electrons. The fourth-order valence-corrected chi connectivity index (χ4v) is 3.27. The summed E-state index contributed by atoms with van der Waals surface area (Å²) in [6, 6.07) is 14.4. The molecule has 0 aliphatic carbocycles. The summed E-state index contributed by atoms with van der Waals surface area (Å²) >= 11 is 1.46. The molecule has 0 bridgehead atoms. The Morgan fingerprint density at radius 2 is 1.46 bits per heavy atom. The Bertz CT molecular complexity index is 823. The van der Waals surface area contributed by atoms with Gasteiger partial charge in [0.15, 0.2) is 0 Å². The number of methoxy groups -OCH3 is 1. The van der Waals surface area contributed by atoms with Gasteiger partial charge in [0, 0.05) is 10.6 Å². The van der Waals surface area contributed by atoms with Crippen molar-refractivity contribution in [3.05, 3.63) is 54.1 Å². The second kappa shape index (κ2) is 8.69. The van der Waals surface area contributed by atoms with Crippen LogP contribution >= 0.6 is 11.8 Å². The van der Waals surface area contributed by atoms with Crippen molar-refractivity contribution in [1.29, 1.82) is 0 Å². The Morgan fingerprint density at radius 3 is 1.96 bits per heavy atom. The average Bonchev–Trinajstić information content (AvgIpc) is 2.67. The summed E-state index contributed by atoms with van der Waals surface area (Å²) in [5.41, 5.74) is -0.787. The highest BCUT2D eigenvalue weighted by Crippen LogP contribution is 2.31. The van der Waals surface area contributed by atoms with Gasteiger partial charge in [-0.25, -0.2) is 0 Å². The molecule has 28 heavy (non-hydrogen) atoms. The molecule has 0 atom stereocenters. The number of aliphatic carboxylic acids is 1. The Labute approximate surface area is 170 Å². The molecule has 0 saturated carbocycles. The number of benzene rings is 2. The van der Waals surface area contributed by atoms with Crippen LogP contribution in [-0.2, 0) is 15.0 Å². The molecule has 0 radical (unpaired) electrons. The van der Waals surface area contributed by atoms with Gasteiger partial charge >= 0.3 is 11.9 Å². The highest BCUT2D eigenvalue weighted by molar-refractivity contribution is 7.99. The van der Waals surface area contributed by atoms with Gasteiger partial charge in [-0.1, -0.05) is 12.1 Å². The topological polar surface area (TPSA) is 72.8 Å². The van der Waals surface area contributed by atoms with Crippen molar-refractivity contribution in [3.8, 4) is 11.5 Å². The van der Waals surface area contributed by atoms with Crippen molar-refractivity contribution in [2.24, 2.45) is 5.41 Å². The molecule has 0 fully saturated rings. The molecule has 2 rings (SSSR count). The van der Waals surface area contributed by atoms with Crippen molar-refractivity contribution in [3.63, 3.8) is 0 Å². The van der Waals surface area contributed by atoms with E-state index < -0.39 is 16.8 Å². The van der Waals surface area contributed by atoms with Gasteiger partial charge in [0.05, 0.1) is 17.9 Å². The molecule has 5 nitrogen and oxygen atoms in total. The fraction of sp³-hybridized carbons (Fsp3) is 0.364. The molecule has 0 amide bonds. The standard InChI is InChI=1S/C22H26O5S/c1-21(2,19(23)24)14-28-18-12-10-17(11-13-18)27-20(25)22(3,4)15-6-8-16(26-5)9-7-15/h6-13H,14H2,1-5H3,(H,23,24). The van der Waals surface area contributed by atoms with E-state index in [1.165, 1.54) is 11.8 Å². The van der Waals surface area contributed by atoms with Crippen LogP contribution in [0, 0.1) is 5.41 Å². The van der Waals surface area contributed by atoms with E-state index in [0.717, 1.165) is 16.2 Å². The number of carbonyl (C=O) groups is 2. The first-order valence-electron chi connectivity index (χ1n) is 8.89. The number of hydrogen-bond donors (Lipinski definition) is 1. The van der Waals surface area contributed by atoms with Crippen LogP contribution in [0.4, 0.5) is 0 Å². The van der Waals surface area contributed by atoms with E-state index in [2.05, 4.69) is 0 Å². The van der Waals surface area contributed by atoms with Crippen LogP contribution in [0.2, 0.25) is 0 Å². The number of carbonyl (C=O) groups excluding carboxylic acids is 1. The first-order valence-corrected chi connectivity index (χ1v) is 9.88. The van der Waals surface area contributed by atoms with E-state index in [1.807, 2.05) is 50.2 Å². The number of ether oxygens (including phenoxy) is 2. The summed E-state index contributed by atoms with van der Waals surface area (Å²) < 4.78 is 10.7. The zero-order valence-electron chi connectivity index (χ0n) is 16.8. The zero-order valence-corrected chi connectivity index (χ0v) is 17.6. The molecule has 0 heterocycles. The van der Waals surface area contributed by atoms with E-state index >= 15 is 0 Å². The lowest BCUT2D eigenvalue weighted by Crippen LogP contribution is -2.33. The summed E-state index contributed by atoms with van der Waals surface area (Å²) in [6.45, 7) is 7.02. The number of esters is 1. The molecule has 0 unspecified atom stereocenters. The Kier molecular flexibility index (Phi) is 6.77. The van der Waals surface area contributed by atoms with Crippen LogP contribution < -0.4 is 9.47 Å². The van der Waals surface area contributed by atoms with E-state index in [-0.39, 0.29) is 5.97 Å². The molecule has 0 saturated heterocycles. The Hall–Kier alpha value is -2.47. The van der Waals surface area contributed by atoms with Gasteiger partial charge in [0.1, 0.15) is 11.5 Å². The van der Waals surface area contributed by atoms with E-state index in [1.54, 1.807) is 33.1 Å². The van der Waals surface area contributed by atoms with Crippen LogP contribution in [-0.4, -0.2) is 29.9 Å². The van der Waals surface area contributed by atoms with E-state index in [9.17, 15) is 14.7 Å². The molecule has 0 aromatic heterocycles. The van der Waals surface area contributed by atoms with Crippen LogP contribution in [0.5, 0.6) is 11.5 Å². The summed E-state index contributed by atoms with van der Waals surface area (Å²) in [7, 11) is 1.60. The van der Waals surface area contributed by atoms with Crippen molar-refractivity contribution < 1.29 is 24.2 Å². The maximum Gasteiger partial charge on any atom is 0.321 e. The number of carboxylic acids is 1. The monoisotopic (exact) mass is 402 g/mol. The van der Waals surface area contributed by atoms with E-state index in [0.29, 0.717) is 11.5 Å². The summed E-state index contributed by atoms with van der Waals surface area (Å²) in [4.78, 5) is 24.8.